The van der Waals surface area contributed by atoms with Gasteiger partial charge in [-0.3, -0.25) is 4.72 Å². The Morgan fingerprint density at radius 3 is 2.24 bits per heavy atom. The van der Waals surface area contributed by atoms with Crippen molar-refractivity contribution in [2.24, 2.45) is 5.92 Å². The molecule has 0 saturated heterocycles. The monoisotopic (exact) mass is 369 g/mol. The Labute approximate surface area is 146 Å². The van der Waals surface area contributed by atoms with Crippen molar-refractivity contribution in [1.29, 1.82) is 0 Å². The van der Waals surface area contributed by atoms with Crippen LogP contribution < -0.4 is 9.46 Å². The number of alkyl halides is 2. The van der Waals surface area contributed by atoms with Crippen LogP contribution in [0.2, 0.25) is 0 Å². The Morgan fingerprint density at radius 1 is 1.08 bits per heavy atom. The van der Waals surface area contributed by atoms with Crippen LogP contribution in [0.4, 0.5) is 14.5 Å². The quantitative estimate of drug-likeness (QED) is 0.776. The normalized spacial score (nSPS) is 11.8. The summed E-state index contributed by atoms with van der Waals surface area (Å²) in [7, 11) is -3.76. The number of hydrogen-bond donors (Lipinski definition) is 1. The van der Waals surface area contributed by atoms with Crippen LogP contribution >= 0.6 is 0 Å². The number of nitrogens with one attached hydrogen (secondary N) is 1. The van der Waals surface area contributed by atoms with E-state index in [9.17, 15) is 17.2 Å². The number of hydrogen-bond acceptors (Lipinski definition) is 3. The van der Waals surface area contributed by atoms with Gasteiger partial charge in [-0.2, -0.15) is 8.78 Å². The molecule has 0 spiro atoms. The number of benzene rings is 2. The third-order valence-electron chi connectivity index (χ3n) is 3.54. The summed E-state index contributed by atoms with van der Waals surface area (Å²) in [6, 6.07) is 10.8. The van der Waals surface area contributed by atoms with Gasteiger partial charge in [0.1, 0.15) is 5.75 Å². The van der Waals surface area contributed by atoms with Crippen LogP contribution in [-0.2, 0) is 16.4 Å². The molecule has 0 aliphatic carbocycles. The van der Waals surface area contributed by atoms with Crippen molar-refractivity contribution in [3.05, 3.63) is 53.6 Å². The molecule has 0 radical (unpaired) electrons. The number of anilines is 1. The zero-order valence-corrected chi connectivity index (χ0v) is 15.1. The van der Waals surface area contributed by atoms with Gasteiger partial charge in [0.15, 0.2) is 0 Å². The molecule has 0 atom stereocenters. The summed E-state index contributed by atoms with van der Waals surface area (Å²) < 4.78 is 56.2. The summed E-state index contributed by atoms with van der Waals surface area (Å²) in [6.07, 6.45) is 0.873. The fourth-order valence-corrected chi connectivity index (χ4v) is 3.54. The van der Waals surface area contributed by atoms with Crippen molar-refractivity contribution < 1.29 is 21.9 Å². The fraction of sp³-hybridized carbons (Fsp3) is 0.333. The highest BCUT2D eigenvalue weighted by Gasteiger charge is 2.16. The maximum atomic E-state index is 12.5. The molecule has 0 bridgehead atoms. The van der Waals surface area contributed by atoms with Crippen LogP contribution in [0.5, 0.6) is 5.75 Å². The Kier molecular flexibility index (Phi) is 6.00. The molecule has 0 unspecified atom stereocenters. The summed E-state index contributed by atoms with van der Waals surface area (Å²) in [6.45, 7) is 2.88. The highest BCUT2D eigenvalue weighted by molar-refractivity contribution is 7.92. The molecular formula is C18H21F2NO3S. The minimum atomic E-state index is -3.76. The summed E-state index contributed by atoms with van der Waals surface area (Å²) in [4.78, 5) is 0.146. The van der Waals surface area contributed by atoms with Crippen molar-refractivity contribution in [2.75, 3.05) is 4.72 Å². The van der Waals surface area contributed by atoms with Gasteiger partial charge in [-0.15, -0.1) is 0 Å². The molecule has 0 fully saturated rings. The second-order valence-electron chi connectivity index (χ2n) is 6.20. The maximum Gasteiger partial charge on any atom is 0.387 e. The predicted octanol–water partition coefficient (Wildman–Crippen LogP) is 4.60. The Hall–Kier alpha value is -2.15. The number of sulfonamides is 1. The van der Waals surface area contributed by atoms with Crippen molar-refractivity contribution in [3.63, 3.8) is 0 Å². The van der Waals surface area contributed by atoms with Gasteiger partial charge in [0, 0.05) is 0 Å². The van der Waals surface area contributed by atoms with E-state index in [2.05, 4.69) is 23.3 Å². The number of rotatable bonds is 7. The molecule has 2 aromatic rings. The van der Waals surface area contributed by atoms with E-state index >= 15 is 0 Å². The fourth-order valence-electron chi connectivity index (χ4n) is 2.41. The van der Waals surface area contributed by atoms with Gasteiger partial charge in [0.25, 0.3) is 10.0 Å². The van der Waals surface area contributed by atoms with Crippen molar-refractivity contribution in [2.45, 2.75) is 38.7 Å². The molecule has 7 heteroatoms. The van der Waals surface area contributed by atoms with Gasteiger partial charge in [0.05, 0.1) is 10.6 Å². The van der Waals surface area contributed by atoms with E-state index < -0.39 is 16.6 Å². The molecule has 0 aliphatic heterocycles. The molecule has 1 N–H and O–H groups in total. The zero-order chi connectivity index (χ0) is 18.6. The third kappa shape index (κ3) is 5.42. The molecule has 4 nitrogen and oxygen atoms in total. The van der Waals surface area contributed by atoms with Gasteiger partial charge in [-0.1, -0.05) is 26.0 Å². The van der Waals surface area contributed by atoms with E-state index in [1.165, 1.54) is 18.2 Å². The van der Waals surface area contributed by atoms with Crippen LogP contribution in [0.25, 0.3) is 0 Å². The molecule has 2 rings (SSSR count). The van der Waals surface area contributed by atoms with Gasteiger partial charge in [-0.25, -0.2) is 8.42 Å². The second-order valence-corrected chi connectivity index (χ2v) is 7.89. The predicted molar refractivity (Wildman–Crippen MR) is 93.6 cm³/mol. The number of halogens is 2. The number of aryl methyl sites for hydroxylation is 1. The van der Waals surface area contributed by atoms with E-state index in [-0.39, 0.29) is 10.6 Å². The lowest BCUT2D eigenvalue weighted by Crippen LogP contribution is -2.14. The molecule has 2 aromatic carbocycles. The van der Waals surface area contributed by atoms with Gasteiger partial charge >= 0.3 is 6.61 Å². The SMILES string of the molecule is Cc1cc(OC(F)F)ccc1NS(=O)(=O)c1ccc(CC(C)C)cc1. The highest BCUT2D eigenvalue weighted by atomic mass is 32.2. The summed E-state index contributed by atoms with van der Waals surface area (Å²) >= 11 is 0. The van der Waals surface area contributed by atoms with Crippen molar-refractivity contribution in [1.82, 2.24) is 0 Å². The van der Waals surface area contributed by atoms with Crippen LogP contribution in [0, 0.1) is 12.8 Å². The van der Waals surface area contributed by atoms with Gasteiger partial charge in [0.2, 0.25) is 0 Å². The standard InChI is InChI=1S/C18H21F2NO3S/c1-12(2)10-14-4-7-16(8-5-14)25(22,23)21-17-9-6-15(11-13(17)3)24-18(19)20/h4-9,11-12,18,21H,10H2,1-3H3. The van der Waals surface area contributed by atoms with Crippen LogP contribution in [-0.4, -0.2) is 15.0 Å². The van der Waals surface area contributed by atoms with Crippen molar-refractivity contribution in [3.8, 4) is 5.75 Å². The molecule has 0 amide bonds. The van der Waals surface area contributed by atoms with E-state index in [1.807, 2.05) is 0 Å². The van der Waals surface area contributed by atoms with Gasteiger partial charge in [-0.05, 0) is 60.7 Å². The first kappa shape index (κ1) is 19.2. The minimum Gasteiger partial charge on any atom is -0.435 e. The van der Waals surface area contributed by atoms with Gasteiger partial charge < -0.3 is 4.74 Å². The second kappa shape index (κ2) is 7.82. The lowest BCUT2D eigenvalue weighted by molar-refractivity contribution is -0.0498. The largest absolute Gasteiger partial charge is 0.435 e. The number of ether oxygens (including phenoxy) is 1. The molecule has 0 saturated carbocycles. The average Bonchev–Trinajstić information content (AvgIpc) is 2.49. The van der Waals surface area contributed by atoms with E-state index in [1.54, 1.807) is 31.2 Å². The molecule has 25 heavy (non-hydrogen) atoms. The summed E-state index contributed by atoms with van der Waals surface area (Å²) in [5.74, 6) is 0.464. The summed E-state index contributed by atoms with van der Waals surface area (Å²) in [5.41, 5.74) is 1.87. The first-order valence-corrected chi connectivity index (χ1v) is 9.33. The average molecular weight is 369 g/mol. The summed E-state index contributed by atoms with van der Waals surface area (Å²) in [5, 5.41) is 0. The highest BCUT2D eigenvalue weighted by Crippen LogP contribution is 2.25. The molecule has 0 aliphatic rings. The maximum absolute atomic E-state index is 12.5. The van der Waals surface area contributed by atoms with Crippen LogP contribution in [0.3, 0.4) is 0 Å². The van der Waals surface area contributed by atoms with Crippen molar-refractivity contribution >= 4 is 15.7 Å². The van der Waals surface area contributed by atoms with E-state index in [0.29, 0.717) is 17.2 Å². The molecule has 136 valence electrons. The molecule has 0 aromatic heterocycles. The third-order valence-corrected chi connectivity index (χ3v) is 4.93. The minimum absolute atomic E-state index is 0.0199. The lowest BCUT2D eigenvalue weighted by Gasteiger charge is -2.13. The zero-order valence-electron chi connectivity index (χ0n) is 14.3. The Balaban J connectivity index is 2.18. The Morgan fingerprint density at radius 2 is 1.72 bits per heavy atom. The van der Waals surface area contributed by atoms with Crippen LogP contribution in [0.1, 0.15) is 25.0 Å². The van der Waals surface area contributed by atoms with E-state index in [0.717, 1.165) is 12.0 Å². The lowest BCUT2D eigenvalue weighted by atomic mass is 10.0. The first-order valence-electron chi connectivity index (χ1n) is 7.84. The first-order chi connectivity index (χ1) is 11.7. The Bertz CT molecular complexity index is 819. The van der Waals surface area contributed by atoms with Crippen LogP contribution in [0.15, 0.2) is 47.4 Å². The molecule has 0 heterocycles. The topological polar surface area (TPSA) is 55.4 Å². The smallest absolute Gasteiger partial charge is 0.387 e. The molecular weight excluding hydrogens is 348 g/mol. The van der Waals surface area contributed by atoms with E-state index in [4.69, 9.17) is 0 Å².